The Kier molecular flexibility index (Phi) is 4.62. The third-order valence-corrected chi connectivity index (χ3v) is 4.70. The summed E-state index contributed by atoms with van der Waals surface area (Å²) in [6.07, 6.45) is 5.33. The smallest absolute Gasteiger partial charge is 0.142 e. The summed E-state index contributed by atoms with van der Waals surface area (Å²) in [5, 5.41) is 9.12. The Balaban J connectivity index is 1.79. The van der Waals surface area contributed by atoms with Crippen molar-refractivity contribution in [1.29, 1.82) is 0 Å². The molecule has 0 saturated carbocycles. The molecular formula is C16H19Cl2N3O. The van der Waals surface area contributed by atoms with E-state index < -0.39 is 0 Å². The van der Waals surface area contributed by atoms with Gasteiger partial charge in [-0.3, -0.25) is 4.68 Å². The highest BCUT2D eigenvalue weighted by molar-refractivity contribution is 6.35. The molecule has 0 aliphatic heterocycles. The van der Waals surface area contributed by atoms with Crippen molar-refractivity contribution in [2.24, 2.45) is 7.05 Å². The molecule has 1 aromatic heterocycles. The molecule has 1 aromatic carbocycles. The van der Waals surface area contributed by atoms with Crippen molar-refractivity contribution in [2.45, 2.75) is 31.8 Å². The normalized spacial score (nSPS) is 17.4. The van der Waals surface area contributed by atoms with Crippen LogP contribution in [0.5, 0.6) is 5.75 Å². The van der Waals surface area contributed by atoms with Crippen LogP contribution in [0.3, 0.4) is 0 Å². The van der Waals surface area contributed by atoms with E-state index in [-0.39, 0.29) is 0 Å². The molecule has 1 atom stereocenters. The lowest BCUT2D eigenvalue weighted by atomic mass is 9.93. The van der Waals surface area contributed by atoms with Crippen LogP contribution in [0, 0.1) is 0 Å². The molecule has 118 valence electrons. The second kappa shape index (κ2) is 6.49. The summed E-state index contributed by atoms with van der Waals surface area (Å²) < 4.78 is 7.37. The third-order valence-electron chi connectivity index (χ3n) is 4.20. The van der Waals surface area contributed by atoms with Gasteiger partial charge in [-0.1, -0.05) is 23.2 Å². The highest BCUT2D eigenvalue weighted by atomic mass is 35.5. The quantitative estimate of drug-likeness (QED) is 0.917. The summed E-state index contributed by atoms with van der Waals surface area (Å²) in [5.41, 5.74) is 3.58. The molecule has 0 radical (unpaired) electrons. The van der Waals surface area contributed by atoms with Gasteiger partial charge in [-0.05, 0) is 31.4 Å². The standard InChI is InChI=1S/C16H19Cl2N3O/c1-21-15-5-3-4-14(12(15)9-20-21)19-8-10-6-11(17)7-13(18)16(10)22-2/h6-7,9,14,19H,3-5,8H2,1-2H3. The molecule has 1 aliphatic rings. The van der Waals surface area contributed by atoms with Crippen LogP contribution in [0.15, 0.2) is 18.3 Å². The summed E-state index contributed by atoms with van der Waals surface area (Å²) >= 11 is 12.3. The molecule has 1 heterocycles. The van der Waals surface area contributed by atoms with E-state index >= 15 is 0 Å². The van der Waals surface area contributed by atoms with Crippen molar-refractivity contribution in [3.05, 3.63) is 45.2 Å². The molecule has 2 aromatic rings. The van der Waals surface area contributed by atoms with Crippen molar-refractivity contribution in [2.75, 3.05) is 7.11 Å². The number of rotatable bonds is 4. The fourth-order valence-electron chi connectivity index (χ4n) is 3.12. The van der Waals surface area contributed by atoms with Crippen LogP contribution in [0.1, 0.15) is 35.7 Å². The molecule has 6 heteroatoms. The van der Waals surface area contributed by atoms with Crippen LogP contribution in [0.4, 0.5) is 0 Å². The minimum atomic E-state index is 0.305. The van der Waals surface area contributed by atoms with Gasteiger partial charge >= 0.3 is 0 Å². The zero-order valence-electron chi connectivity index (χ0n) is 12.7. The first-order valence-electron chi connectivity index (χ1n) is 7.36. The Labute approximate surface area is 140 Å². The first-order chi connectivity index (χ1) is 10.6. The SMILES string of the molecule is COc1c(Cl)cc(Cl)cc1CNC1CCCc2c1cnn2C. The number of nitrogens with zero attached hydrogens (tertiary/aromatic N) is 2. The van der Waals surface area contributed by atoms with E-state index in [0.29, 0.717) is 28.4 Å². The van der Waals surface area contributed by atoms with Crippen molar-refractivity contribution in [1.82, 2.24) is 15.1 Å². The molecule has 1 aliphatic carbocycles. The van der Waals surface area contributed by atoms with Crippen LogP contribution in [0.25, 0.3) is 0 Å². The second-order valence-corrected chi connectivity index (χ2v) is 6.42. The number of fused-ring (bicyclic) bond motifs is 1. The van der Waals surface area contributed by atoms with Crippen LogP contribution >= 0.6 is 23.2 Å². The van der Waals surface area contributed by atoms with Gasteiger partial charge in [-0.15, -0.1) is 0 Å². The maximum Gasteiger partial charge on any atom is 0.142 e. The van der Waals surface area contributed by atoms with Crippen LogP contribution < -0.4 is 10.1 Å². The summed E-state index contributed by atoms with van der Waals surface area (Å²) in [7, 11) is 3.62. The van der Waals surface area contributed by atoms with E-state index in [1.165, 1.54) is 11.3 Å². The van der Waals surface area contributed by atoms with Crippen molar-refractivity contribution >= 4 is 23.2 Å². The van der Waals surface area contributed by atoms with E-state index in [0.717, 1.165) is 24.8 Å². The second-order valence-electron chi connectivity index (χ2n) is 5.58. The van der Waals surface area contributed by atoms with E-state index in [4.69, 9.17) is 27.9 Å². The molecule has 4 nitrogen and oxygen atoms in total. The largest absolute Gasteiger partial charge is 0.495 e. The number of nitrogens with one attached hydrogen (secondary N) is 1. The van der Waals surface area contributed by atoms with E-state index in [2.05, 4.69) is 10.4 Å². The van der Waals surface area contributed by atoms with Gasteiger partial charge in [-0.25, -0.2) is 0 Å². The fraction of sp³-hybridized carbons (Fsp3) is 0.438. The molecule has 0 bridgehead atoms. The summed E-state index contributed by atoms with van der Waals surface area (Å²) in [4.78, 5) is 0. The molecule has 1 unspecified atom stereocenters. The zero-order chi connectivity index (χ0) is 15.7. The Morgan fingerprint density at radius 2 is 2.23 bits per heavy atom. The fourth-order valence-corrected chi connectivity index (χ4v) is 3.74. The Morgan fingerprint density at radius 3 is 3.00 bits per heavy atom. The molecule has 0 fully saturated rings. The van der Waals surface area contributed by atoms with Gasteiger partial charge in [0.25, 0.3) is 0 Å². The van der Waals surface area contributed by atoms with E-state index in [1.807, 2.05) is 24.0 Å². The predicted octanol–water partition coefficient (Wildman–Crippen LogP) is 3.90. The predicted molar refractivity (Wildman–Crippen MR) is 88.7 cm³/mol. The van der Waals surface area contributed by atoms with Gasteiger partial charge in [0.2, 0.25) is 0 Å². The number of halogens is 2. The lowest BCUT2D eigenvalue weighted by molar-refractivity contribution is 0.401. The maximum atomic E-state index is 6.19. The topological polar surface area (TPSA) is 39.1 Å². The average Bonchev–Trinajstić information content (AvgIpc) is 2.87. The number of benzene rings is 1. The summed E-state index contributed by atoms with van der Waals surface area (Å²) in [5.74, 6) is 0.681. The molecule has 0 spiro atoms. The highest BCUT2D eigenvalue weighted by Crippen LogP contribution is 2.34. The molecular weight excluding hydrogens is 321 g/mol. The summed E-state index contributed by atoms with van der Waals surface area (Å²) in [6, 6.07) is 3.90. The lowest BCUT2D eigenvalue weighted by Crippen LogP contribution is -2.25. The third kappa shape index (κ3) is 2.96. The van der Waals surface area contributed by atoms with Gasteiger partial charge in [-0.2, -0.15) is 5.10 Å². The van der Waals surface area contributed by atoms with Gasteiger partial charge in [0, 0.05) is 41.5 Å². The number of hydrogen-bond acceptors (Lipinski definition) is 3. The number of aryl methyl sites for hydroxylation is 1. The lowest BCUT2D eigenvalue weighted by Gasteiger charge is -2.24. The Hall–Kier alpha value is -1.23. The van der Waals surface area contributed by atoms with Crippen molar-refractivity contribution < 1.29 is 4.74 Å². The minimum Gasteiger partial charge on any atom is -0.495 e. The number of ether oxygens (including phenoxy) is 1. The van der Waals surface area contributed by atoms with Gasteiger partial charge in [0.15, 0.2) is 0 Å². The number of aromatic nitrogens is 2. The molecule has 22 heavy (non-hydrogen) atoms. The van der Waals surface area contributed by atoms with Crippen LogP contribution in [-0.2, 0) is 20.0 Å². The first-order valence-corrected chi connectivity index (χ1v) is 8.11. The molecule has 0 saturated heterocycles. The van der Waals surface area contributed by atoms with Gasteiger partial charge < -0.3 is 10.1 Å². The maximum absolute atomic E-state index is 6.19. The molecule has 1 N–H and O–H groups in total. The molecule has 0 amide bonds. The highest BCUT2D eigenvalue weighted by Gasteiger charge is 2.23. The van der Waals surface area contributed by atoms with Crippen molar-refractivity contribution in [3.8, 4) is 5.75 Å². The number of methoxy groups -OCH3 is 1. The first kappa shape index (κ1) is 15.7. The Morgan fingerprint density at radius 1 is 1.41 bits per heavy atom. The zero-order valence-corrected chi connectivity index (χ0v) is 14.2. The minimum absolute atomic E-state index is 0.305. The van der Waals surface area contributed by atoms with E-state index in [9.17, 15) is 0 Å². The number of hydrogen-bond donors (Lipinski definition) is 1. The van der Waals surface area contributed by atoms with Crippen molar-refractivity contribution in [3.63, 3.8) is 0 Å². The van der Waals surface area contributed by atoms with Crippen LogP contribution in [-0.4, -0.2) is 16.9 Å². The average molecular weight is 340 g/mol. The summed E-state index contributed by atoms with van der Waals surface area (Å²) in [6.45, 7) is 0.655. The Bertz CT molecular complexity index is 684. The monoisotopic (exact) mass is 339 g/mol. The molecule has 3 rings (SSSR count). The van der Waals surface area contributed by atoms with Gasteiger partial charge in [0.1, 0.15) is 5.75 Å². The van der Waals surface area contributed by atoms with Gasteiger partial charge in [0.05, 0.1) is 18.3 Å². The van der Waals surface area contributed by atoms with Crippen LogP contribution in [0.2, 0.25) is 10.0 Å². The van der Waals surface area contributed by atoms with E-state index in [1.54, 1.807) is 13.2 Å².